The average molecular weight is 261 g/mol. The van der Waals surface area contributed by atoms with Gasteiger partial charge in [0, 0.05) is 30.3 Å². The fraction of sp³-hybridized carbons (Fsp3) is 0.667. The van der Waals surface area contributed by atoms with Crippen molar-refractivity contribution in [3.63, 3.8) is 0 Å². The molecule has 0 radical (unpaired) electrons. The van der Waals surface area contributed by atoms with Crippen LogP contribution in [0.3, 0.4) is 0 Å². The molecule has 1 spiro atoms. The number of hydrogen-bond donors (Lipinski definition) is 2. The molecule has 4 nitrogen and oxygen atoms in total. The molecule has 0 unspecified atom stereocenters. The lowest BCUT2D eigenvalue weighted by molar-refractivity contribution is -0.0119. The molecule has 1 aromatic heterocycles. The number of rotatable bonds is 2. The van der Waals surface area contributed by atoms with Crippen LogP contribution in [-0.2, 0) is 6.54 Å². The molecular weight excluding hydrogens is 238 g/mol. The second-order valence-electron chi connectivity index (χ2n) is 6.13. The smallest absolute Gasteiger partial charge is 0.127 e. The second-order valence-corrected chi connectivity index (χ2v) is 6.13. The van der Waals surface area contributed by atoms with Crippen LogP contribution in [0.4, 0.5) is 5.82 Å². The van der Waals surface area contributed by atoms with Gasteiger partial charge in [-0.05, 0) is 38.3 Å². The van der Waals surface area contributed by atoms with Gasteiger partial charge in [0.05, 0.1) is 6.10 Å². The van der Waals surface area contributed by atoms with Crippen molar-refractivity contribution < 1.29 is 5.11 Å². The van der Waals surface area contributed by atoms with Gasteiger partial charge >= 0.3 is 0 Å². The standard InChI is InChI=1S/C15H23N3O/c16-14-12(4-2-8-17-14)10-18-9-3-7-15(11-18)6-1-5-13(15)19/h2,4,8,13,19H,1,3,5-7,9-11H2,(H2,16,17)/t13-,15+/m1/s1. The third-order valence-electron chi connectivity index (χ3n) is 4.87. The van der Waals surface area contributed by atoms with Crippen molar-refractivity contribution in [1.29, 1.82) is 0 Å². The number of piperidine rings is 1. The first kappa shape index (κ1) is 12.9. The summed E-state index contributed by atoms with van der Waals surface area (Å²) in [5, 5.41) is 10.3. The fourth-order valence-electron chi connectivity index (χ4n) is 3.81. The summed E-state index contributed by atoms with van der Waals surface area (Å²) in [6.07, 6.45) is 7.29. The summed E-state index contributed by atoms with van der Waals surface area (Å²) < 4.78 is 0. The van der Waals surface area contributed by atoms with Gasteiger partial charge in [-0.15, -0.1) is 0 Å². The van der Waals surface area contributed by atoms with Gasteiger partial charge in [-0.2, -0.15) is 0 Å². The van der Waals surface area contributed by atoms with E-state index in [2.05, 4.69) is 16.0 Å². The number of aliphatic hydroxyl groups is 1. The van der Waals surface area contributed by atoms with E-state index in [1.807, 2.05) is 6.07 Å². The molecule has 0 amide bonds. The van der Waals surface area contributed by atoms with Crippen molar-refractivity contribution >= 4 is 5.82 Å². The summed E-state index contributed by atoms with van der Waals surface area (Å²) in [5.74, 6) is 0.633. The van der Waals surface area contributed by atoms with Gasteiger partial charge in [0.25, 0.3) is 0 Å². The second kappa shape index (κ2) is 5.10. The SMILES string of the molecule is Nc1ncccc1CN1CCC[C@@]2(CCC[C@H]2O)C1. The minimum Gasteiger partial charge on any atom is -0.393 e. The zero-order valence-corrected chi connectivity index (χ0v) is 11.4. The number of hydrogen-bond acceptors (Lipinski definition) is 4. The lowest BCUT2D eigenvalue weighted by atomic mass is 9.76. The number of pyridine rings is 1. The Morgan fingerprint density at radius 1 is 1.42 bits per heavy atom. The highest BCUT2D eigenvalue weighted by Gasteiger charge is 2.44. The molecule has 19 heavy (non-hydrogen) atoms. The van der Waals surface area contributed by atoms with E-state index in [-0.39, 0.29) is 11.5 Å². The minimum atomic E-state index is -0.110. The van der Waals surface area contributed by atoms with Crippen molar-refractivity contribution in [3.8, 4) is 0 Å². The maximum Gasteiger partial charge on any atom is 0.127 e. The molecule has 3 N–H and O–H groups in total. The van der Waals surface area contributed by atoms with Crippen LogP contribution in [0.1, 0.15) is 37.7 Å². The Labute approximate surface area is 114 Å². The van der Waals surface area contributed by atoms with Gasteiger partial charge in [0.15, 0.2) is 0 Å². The Morgan fingerprint density at radius 3 is 3.00 bits per heavy atom. The molecule has 1 aliphatic carbocycles. The number of nitrogens with two attached hydrogens (primary N) is 1. The number of nitrogen functional groups attached to an aromatic ring is 1. The van der Waals surface area contributed by atoms with Crippen molar-refractivity contribution in [2.45, 2.75) is 44.8 Å². The molecule has 1 saturated heterocycles. The first-order valence-corrected chi connectivity index (χ1v) is 7.29. The zero-order valence-electron chi connectivity index (χ0n) is 11.4. The highest BCUT2D eigenvalue weighted by atomic mass is 16.3. The van der Waals surface area contributed by atoms with E-state index >= 15 is 0 Å². The predicted octanol–water partition coefficient (Wildman–Crippen LogP) is 1.79. The number of aliphatic hydroxyl groups excluding tert-OH is 1. The maximum absolute atomic E-state index is 10.3. The third-order valence-corrected chi connectivity index (χ3v) is 4.87. The van der Waals surface area contributed by atoms with Crippen LogP contribution in [0.2, 0.25) is 0 Å². The number of nitrogens with zero attached hydrogens (tertiary/aromatic N) is 2. The molecule has 1 saturated carbocycles. The summed E-state index contributed by atoms with van der Waals surface area (Å²) in [4.78, 5) is 6.59. The molecule has 0 bridgehead atoms. The van der Waals surface area contributed by atoms with Gasteiger partial charge in [-0.3, -0.25) is 4.90 Å². The van der Waals surface area contributed by atoms with Crippen molar-refractivity contribution in [1.82, 2.24) is 9.88 Å². The van der Waals surface area contributed by atoms with Gasteiger partial charge in [-0.25, -0.2) is 4.98 Å². The van der Waals surface area contributed by atoms with Crippen molar-refractivity contribution in [3.05, 3.63) is 23.9 Å². The Balaban J connectivity index is 1.71. The molecule has 1 aromatic rings. The first-order chi connectivity index (χ1) is 9.20. The summed E-state index contributed by atoms with van der Waals surface area (Å²) in [5.41, 5.74) is 7.17. The van der Waals surface area contributed by atoms with Crippen LogP contribution in [0.25, 0.3) is 0 Å². The number of anilines is 1. The lowest BCUT2D eigenvalue weighted by Gasteiger charge is -2.42. The topological polar surface area (TPSA) is 62.4 Å². The molecule has 0 aromatic carbocycles. The van der Waals surface area contributed by atoms with Crippen molar-refractivity contribution in [2.75, 3.05) is 18.8 Å². The number of likely N-dealkylation sites (tertiary alicyclic amines) is 1. The van der Waals surface area contributed by atoms with Crippen molar-refractivity contribution in [2.24, 2.45) is 5.41 Å². The Hall–Kier alpha value is -1.13. The van der Waals surface area contributed by atoms with Crippen LogP contribution in [0.15, 0.2) is 18.3 Å². The predicted molar refractivity (Wildman–Crippen MR) is 75.5 cm³/mol. The molecule has 1 aliphatic heterocycles. The van der Waals surface area contributed by atoms with E-state index in [4.69, 9.17) is 5.73 Å². The van der Waals surface area contributed by atoms with Gasteiger partial charge < -0.3 is 10.8 Å². The molecule has 3 rings (SSSR count). The largest absolute Gasteiger partial charge is 0.393 e. The maximum atomic E-state index is 10.3. The monoisotopic (exact) mass is 261 g/mol. The van der Waals surface area contributed by atoms with Crippen LogP contribution < -0.4 is 5.73 Å². The fourth-order valence-corrected chi connectivity index (χ4v) is 3.81. The first-order valence-electron chi connectivity index (χ1n) is 7.29. The minimum absolute atomic E-state index is 0.110. The van der Waals surface area contributed by atoms with Crippen LogP contribution in [-0.4, -0.2) is 34.2 Å². The third kappa shape index (κ3) is 2.47. The molecular formula is C15H23N3O. The summed E-state index contributed by atoms with van der Waals surface area (Å²) in [6.45, 7) is 2.96. The van der Waals surface area contributed by atoms with Gasteiger partial charge in [-0.1, -0.05) is 12.5 Å². The summed E-state index contributed by atoms with van der Waals surface area (Å²) in [7, 11) is 0. The zero-order chi connectivity index (χ0) is 13.3. The normalized spacial score (nSPS) is 31.9. The van der Waals surface area contributed by atoms with E-state index < -0.39 is 0 Å². The molecule has 2 fully saturated rings. The van der Waals surface area contributed by atoms with Crippen LogP contribution >= 0.6 is 0 Å². The molecule has 104 valence electrons. The molecule has 2 heterocycles. The highest BCUT2D eigenvalue weighted by Crippen LogP contribution is 2.45. The van der Waals surface area contributed by atoms with E-state index in [0.29, 0.717) is 5.82 Å². The van der Waals surface area contributed by atoms with Crippen LogP contribution in [0.5, 0.6) is 0 Å². The molecule has 2 aliphatic rings. The highest BCUT2D eigenvalue weighted by molar-refractivity contribution is 5.38. The van der Waals surface area contributed by atoms with Gasteiger partial charge in [0.1, 0.15) is 5.82 Å². The number of aromatic nitrogens is 1. The van der Waals surface area contributed by atoms with E-state index in [1.54, 1.807) is 6.20 Å². The molecule has 2 atom stereocenters. The van der Waals surface area contributed by atoms with Crippen LogP contribution in [0, 0.1) is 5.41 Å². The lowest BCUT2D eigenvalue weighted by Crippen LogP contribution is -2.46. The van der Waals surface area contributed by atoms with E-state index in [9.17, 15) is 5.11 Å². The average Bonchev–Trinajstić information content (AvgIpc) is 2.74. The van der Waals surface area contributed by atoms with E-state index in [1.165, 1.54) is 25.7 Å². The Kier molecular flexibility index (Phi) is 3.46. The van der Waals surface area contributed by atoms with E-state index in [0.717, 1.165) is 31.6 Å². The summed E-state index contributed by atoms with van der Waals surface area (Å²) >= 11 is 0. The quantitative estimate of drug-likeness (QED) is 0.852. The Bertz CT molecular complexity index is 451. The summed E-state index contributed by atoms with van der Waals surface area (Å²) in [6, 6.07) is 3.99. The molecule has 4 heteroatoms. The van der Waals surface area contributed by atoms with Gasteiger partial charge in [0.2, 0.25) is 0 Å². The Morgan fingerprint density at radius 2 is 2.26 bits per heavy atom.